The van der Waals surface area contributed by atoms with Crippen molar-refractivity contribution in [2.45, 2.75) is 0 Å². The SMILES string of the molecule is [CH]1[CH][CH][CH][CH]1.[CH]1[CH][CH][CH][CH]1.[Nb]. The maximum Gasteiger partial charge on any atom is 0 e. The third-order valence-electron chi connectivity index (χ3n) is 1.11. The van der Waals surface area contributed by atoms with Crippen LogP contribution >= 0.6 is 0 Å². The topological polar surface area (TPSA) is 0 Å². The van der Waals surface area contributed by atoms with Crippen LogP contribution in [-0.2, 0) is 22.4 Å². The second kappa shape index (κ2) is 8.83. The van der Waals surface area contributed by atoms with Gasteiger partial charge in [0.2, 0.25) is 0 Å². The van der Waals surface area contributed by atoms with Crippen LogP contribution in [0.4, 0.5) is 0 Å². The van der Waals surface area contributed by atoms with Crippen LogP contribution < -0.4 is 0 Å². The summed E-state index contributed by atoms with van der Waals surface area (Å²) in [5.41, 5.74) is 0. The molecule has 0 aromatic rings. The van der Waals surface area contributed by atoms with Gasteiger partial charge >= 0.3 is 0 Å². The Morgan fingerprint density at radius 1 is 0.273 bits per heavy atom. The Bertz CT molecular complexity index is 38.1. The molecule has 0 unspecified atom stereocenters. The van der Waals surface area contributed by atoms with Gasteiger partial charge in [-0.15, -0.1) is 0 Å². The van der Waals surface area contributed by atoms with Crippen molar-refractivity contribution in [1.82, 2.24) is 0 Å². The van der Waals surface area contributed by atoms with Crippen LogP contribution in [0.15, 0.2) is 0 Å². The minimum absolute atomic E-state index is 0. The normalized spacial score (nSPS) is 21.8. The summed E-state index contributed by atoms with van der Waals surface area (Å²) in [4.78, 5) is 0. The third kappa shape index (κ3) is 7.11. The fourth-order valence-corrected chi connectivity index (χ4v) is 0.642. The molecule has 2 aliphatic rings. The summed E-state index contributed by atoms with van der Waals surface area (Å²) in [5, 5.41) is 0. The Balaban J connectivity index is 0.000000167. The van der Waals surface area contributed by atoms with Crippen molar-refractivity contribution >= 4 is 0 Å². The van der Waals surface area contributed by atoms with Gasteiger partial charge in [0.15, 0.2) is 0 Å². The maximum atomic E-state index is 2.00. The van der Waals surface area contributed by atoms with E-state index in [9.17, 15) is 0 Å². The fourth-order valence-electron chi connectivity index (χ4n) is 0.642. The van der Waals surface area contributed by atoms with Crippen LogP contribution in [0.2, 0.25) is 0 Å². The van der Waals surface area contributed by atoms with Gasteiger partial charge in [0.05, 0.1) is 0 Å². The summed E-state index contributed by atoms with van der Waals surface area (Å²) >= 11 is 0. The van der Waals surface area contributed by atoms with Gasteiger partial charge in [-0.05, 0) is 64.2 Å². The number of hydrogen-bond acceptors (Lipinski definition) is 0. The van der Waals surface area contributed by atoms with Gasteiger partial charge in [-0.1, -0.05) is 0 Å². The summed E-state index contributed by atoms with van der Waals surface area (Å²) in [7, 11) is 0. The average molecular weight is 223 g/mol. The molecule has 0 atom stereocenters. The zero-order valence-electron chi connectivity index (χ0n) is 6.22. The minimum Gasteiger partial charge on any atom is -0.0312 e. The van der Waals surface area contributed by atoms with Crippen LogP contribution in [0.3, 0.4) is 0 Å². The Hall–Kier alpha value is 0.740. The average Bonchev–Trinajstić information content (AvgIpc) is 2.67. The molecule has 55 valence electrons. The minimum atomic E-state index is 0. The first-order chi connectivity index (χ1) is 5.00. The molecule has 0 saturated heterocycles. The molecule has 2 fully saturated rings. The van der Waals surface area contributed by atoms with E-state index >= 15 is 0 Å². The molecular weight excluding hydrogens is 213 g/mol. The zero-order chi connectivity index (χ0) is 7.07. The Morgan fingerprint density at radius 3 is 0.455 bits per heavy atom. The molecule has 11 heavy (non-hydrogen) atoms. The molecule has 0 aliphatic heterocycles. The molecule has 2 saturated carbocycles. The van der Waals surface area contributed by atoms with E-state index in [4.69, 9.17) is 0 Å². The molecule has 11 radical (unpaired) electrons. The first-order valence-corrected chi connectivity index (χ1v) is 3.33. The van der Waals surface area contributed by atoms with E-state index < -0.39 is 0 Å². The fraction of sp³-hybridized carbons (Fsp3) is 0. The molecule has 0 N–H and O–H groups in total. The van der Waals surface area contributed by atoms with E-state index in [1.807, 2.05) is 64.2 Å². The van der Waals surface area contributed by atoms with E-state index in [1.165, 1.54) is 0 Å². The first kappa shape index (κ1) is 11.7. The molecular formula is C10H10Nb. The van der Waals surface area contributed by atoms with Gasteiger partial charge in [0, 0.05) is 22.4 Å². The molecule has 0 spiro atoms. The van der Waals surface area contributed by atoms with Crippen molar-refractivity contribution in [3.8, 4) is 0 Å². The summed E-state index contributed by atoms with van der Waals surface area (Å²) in [6.07, 6.45) is 20.0. The van der Waals surface area contributed by atoms with Crippen LogP contribution in [-0.4, -0.2) is 0 Å². The zero-order valence-corrected chi connectivity index (χ0v) is 8.42. The van der Waals surface area contributed by atoms with E-state index in [2.05, 4.69) is 0 Å². The van der Waals surface area contributed by atoms with Gasteiger partial charge < -0.3 is 0 Å². The van der Waals surface area contributed by atoms with Crippen molar-refractivity contribution in [3.05, 3.63) is 64.2 Å². The molecule has 0 bridgehead atoms. The molecule has 1 heteroatoms. The standard InChI is InChI=1S/2C5H5.Nb/c2*1-2-4-5-3-1;/h2*1-5H;. The monoisotopic (exact) mass is 223 g/mol. The molecule has 0 aromatic heterocycles. The van der Waals surface area contributed by atoms with Crippen LogP contribution in [0.5, 0.6) is 0 Å². The summed E-state index contributed by atoms with van der Waals surface area (Å²) in [5.74, 6) is 0. The van der Waals surface area contributed by atoms with Gasteiger partial charge in [0.25, 0.3) is 0 Å². The van der Waals surface area contributed by atoms with Crippen molar-refractivity contribution in [1.29, 1.82) is 0 Å². The second-order valence-corrected chi connectivity index (χ2v) is 1.92. The second-order valence-electron chi connectivity index (χ2n) is 1.92. The predicted octanol–water partition coefficient (Wildman–Crippen LogP) is 2.04. The summed E-state index contributed by atoms with van der Waals surface area (Å²) < 4.78 is 0. The van der Waals surface area contributed by atoms with E-state index in [0.29, 0.717) is 0 Å². The first-order valence-electron chi connectivity index (χ1n) is 3.33. The van der Waals surface area contributed by atoms with E-state index in [0.717, 1.165) is 0 Å². The van der Waals surface area contributed by atoms with Gasteiger partial charge in [-0.25, -0.2) is 0 Å². The number of rotatable bonds is 0. The van der Waals surface area contributed by atoms with Gasteiger partial charge in [-0.2, -0.15) is 0 Å². The Morgan fingerprint density at radius 2 is 0.364 bits per heavy atom. The van der Waals surface area contributed by atoms with Crippen molar-refractivity contribution in [2.75, 3.05) is 0 Å². The van der Waals surface area contributed by atoms with Gasteiger partial charge in [-0.3, -0.25) is 0 Å². The van der Waals surface area contributed by atoms with Crippen LogP contribution in [0.1, 0.15) is 0 Å². The third-order valence-corrected chi connectivity index (χ3v) is 1.11. The van der Waals surface area contributed by atoms with Crippen molar-refractivity contribution in [3.63, 3.8) is 0 Å². The summed E-state index contributed by atoms with van der Waals surface area (Å²) in [6, 6.07) is 0. The van der Waals surface area contributed by atoms with Crippen molar-refractivity contribution < 1.29 is 22.4 Å². The smallest absolute Gasteiger partial charge is 0 e. The molecule has 0 nitrogen and oxygen atoms in total. The molecule has 0 aromatic carbocycles. The molecule has 0 heterocycles. The molecule has 2 aliphatic carbocycles. The van der Waals surface area contributed by atoms with Crippen molar-refractivity contribution in [2.24, 2.45) is 0 Å². The van der Waals surface area contributed by atoms with Crippen LogP contribution in [0, 0.1) is 64.2 Å². The maximum absolute atomic E-state index is 2.00. The summed E-state index contributed by atoms with van der Waals surface area (Å²) in [6.45, 7) is 0. The van der Waals surface area contributed by atoms with E-state index in [1.54, 1.807) is 0 Å². The Labute approximate surface area is 86.7 Å². The molecule has 0 amide bonds. The predicted molar refractivity (Wildman–Crippen MR) is 43.0 cm³/mol. The van der Waals surface area contributed by atoms with Gasteiger partial charge in [0.1, 0.15) is 0 Å². The van der Waals surface area contributed by atoms with E-state index in [-0.39, 0.29) is 22.4 Å². The quantitative estimate of drug-likeness (QED) is 0.551. The number of hydrogen-bond donors (Lipinski definition) is 0. The largest absolute Gasteiger partial charge is 0.0312 e. The Kier molecular flexibility index (Phi) is 9.43. The molecule has 2 rings (SSSR count). The van der Waals surface area contributed by atoms with Crippen LogP contribution in [0.25, 0.3) is 0 Å².